The van der Waals surface area contributed by atoms with Crippen LogP contribution in [0.15, 0.2) is 43.7 Å². The summed E-state index contributed by atoms with van der Waals surface area (Å²) in [5.74, 6) is -0.139. The highest BCUT2D eigenvalue weighted by molar-refractivity contribution is 9.11. The van der Waals surface area contributed by atoms with Crippen LogP contribution in [0.4, 0.5) is 5.69 Å². The molecule has 0 spiro atoms. The van der Waals surface area contributed by atoms with E-state index in [2.05, 4.69) is 53.1 Å². The lowest BCUT2D eigenvalue weighted by atomic mass is 10.1. The second-order valence-electron chi connectivity index (χ2n) is 4.55. The van der Waals surface area contributed by atoms with E-state index in [-0.39, 0.29) is 5.91 Å². The molecule has 0 fully saturated rings. The van der Waals surface area contributed by atoms with E-state index < -0.39 is 0 Å². The third kappa shape index (κ3) is 3.71. The monoisotopic (exact) mass is 459 g/mol. The Bertz CT molecular complexity index is 640. The molecule has 0 radical (unpaired) electrons. The second kappa shape index (κ2) is 6.41. The molecular formula is C15H12Br3NO. The first-order chi connectivity index (χ1) is 9.36. The number of aryl methyl sites for hydroxylation is 2. The van der Waals surface area contributed by atoms with E-state index in [4.69, 9.17) is 0 Å². The Balaban J connectivity index is 2.32. The van der Waals surface area contributed by atoms with Crippen molar-refractivity contribution in [2.75, 3.05) is 5.32 Å². The van der Waals surface area contributed by atoms with Gasteiger partial charge in [-0.05, 0) is 65.2 Å². The molecule has 0 aliphatic rings. The third-order valence-corrected chi connectivity index (χ3v) is 4.34. The molecule has 0 saturated carbocycles. The first-order valence-electron chi connectivity index (χ1n) is 5.91. The molecular weight excluding hydrogens is 450 g/mol. The van der Waals surface area contributed by atoms with Crippen LogP contribution in [0.1, 0.15) is 21.5 Å². The zero-order chi connectivity index (χ0) is 14.9. The summed E-state index contributed by atoms with van der Waals surface area (Å²) in [7, 11) is 0. The second-order valence-corrected chi connectivity index (χ2v) is 7.24. The Morgan fingerprint density at radius 3 is 2.10 bits per heavy atom. The summed E-state index contributed by atoms with van der Waals surface area (Å²) in [6.07, 6.45) is 0. The van der Waals surface area contributed by atoms with Crippen molar-refractivity contribution in [3.63, 3.8) is 0 Å². The number of benzene rings is 2. The maximum Gasteiger partial charge on any atom is 0.255 e. The molecule has 0 atom stereocenters. The van der Waals surface area contributed by atoms with Gasteiger partial charge in [0.2, 0.25) is 0 Å². The molecule has 0 aliphatic heterocycles. The van der Waals surface area contributed by atoms with E-state index >= 15 is 0 Å². The van der Waals surface area contributed by atoms with Crippen LogP contribution >= 0.6 is 47.8 Å². The lowest BCUT2D eigenvalue weighted by molar-refractivity contribution is 0.102. The van der Waals surface area contributed by atoms with Crippen LogP contribution in [-0.2, 0) is 0 Å². The molecule has 5 heteroatoms. The van der Waals surface area contributed by atoms with Gasteiger partial charge in [0.25, 0.3) is 5.91 Å². The lowest BCUT2D eigenvalue weighted by Crippen LogP contribution is -2.13. The van der Waals surface area contributed by atoms with Crippen LogP contribution in [0.3, 0.4) is 0 Å². The number of hydrogen-bond acceptors (Lipinski definition) is 1. The van der Waals surface area contributed by atoms with Crippen LogP contribution in [0, 0.1) is 13.8 Å². The standard InChI is InChI=1S/C15H12Br3NO/c1-8-3-9(2)14(13(18)4-8)19-15(20)10-5-11(16)7-12(17)6-10/h3-7H,1-2H3,(H,19,20). The van der Waals surface area contributed by atoms with Crippen LogP contribution < -0.4 is 5.32 Å². The van der Waals surface area contributed by atoms with Gasteiger partial charge in [0.15, 0.2) is 0 Å². The average molecular weight is 462 g/mol. The van der Waals surface area contributed by atoms with Crippen molar-refractivity contribution >= 4 is 59.4 Å². The minimum atomic E-state index is -0.139. The van der Waals surface area contributed by atoms with Crippen molar-refractivity contribution < 1.29 is 4.79 Å². The summed E-state index contributed by atoms with van der Waals surface area (Å²) >= 11 is 10.3. The summed E-state index contributed by atoms with van der Waals surface area (Å²) < 4.78 is 2.60. The molecule has 2 aromatic carbocycles. The predicted octanol–water partition coefficient (Wildman–Crippen LogP) is 5.84. The Morgan fingerprint density at radius 1 is 0.950 bits per heavy atom. The molecule has 104 valence electrons. The lowest BCUT2D eigenvalue weighted by Gasteiger charge is -2.12. The zero-order valence-corrected chi connectivity index (χ0v) is 15.7. The van der Waals surface area contributed by atoms with Crippen molar-refractivity contribution in [3.05, 3.63) is 60.4 Å². The highest BCUT2D eigenvalue weighted by Crippen LogP contribution is 2.29. The van der Waals surface area contributed by atoms with E-state index in [0.717, 1.165) is 30.2 Å². The van der Waals surface area contributed by atoms with Gasteiger partial charge in [0, 0.05) is 19.0 Å². The molecule has 2 nitrogen and oxygen atoms in total. The van der Waals surface area contributed by atoms with Gasteiger partial charge in [-0.25, -0.2) is 0 Å². The number of halogens is 3. The van der Waals surface area contributed by atoms with Gasteiger partial charge in [0.05, 0.1) is 5.69 Å². The minimum absolute atomic E-state index is 0.139. The maximum atomic E-state index is 12.3. The zero-order valence-electron chi connectivity index (χ0n) is 10.9. The van der Waals surface area contributed by atoms with E-state index in [1.807, 2.05) is 32.0 Å². The Morgan fingerprint density at radius 2 is 1.55 bits per heavy atom. The van der Waals surface area contributed by atoms with Gasteiger partial charge in [-0.2, -0.15) is 0 Å². The van der Waals surface area contributed by atoms with Crippen LogP contribution in [0.25, 0.3) is 0 Å². The normalized spacial score (nSPS) is 10.4. The molecule has 2 aromatic rings. The maximum absolute atomic E-state index is 12.3. The van der Waals surface area contributed by atoms with Gasteiger partial charge >= 0.3 is 0 Å². The molecule has 0 heterocycles. The van der Waals surface area contributed by atoms with Crippen molar-refractivity contribution in [3.8, 4) is 0 Å². The largest absolute Gasteiger partial charge is 0.321 e. The molecule has 0 aromatic heterocycles. The van der Waals surface area contributed by atoms with Crippen molar-refractivity contribution in [1.29, 1.82) is 0 Å². The van der Waals surface area contributed by atoms with Crippen LogP contribution in [0.2, 0.25) is 0 Å². The smallest absolute Gasteiger partial charge is 0.255 e. The number of amides is 1. The summed E-state index contributed by atoms with van der Waals surface area (Å²) in [6.45, 7) is 4.00. The van der Waals surface area contributed by atoms with E-state index in [9.17, 15) is 4.79 Å². The van der Waals surface area contributed by atoms with E-state index in [1.54, 1.807) is 12.1 Å². The van der Waals surface area contributed by atoms with Crippen LogP contribution in [0.5, 0.6) is 0 Å². The Labute approximate surface area is 143 Å². The number of anilines is 1. The van der Waals surface area contributed by atoms with Gasteiger partial charge in [0.1, 0.15) is 0 Å². The summed E-state index contributed by atoms with van der Waals surface area (Å²) in [6, 6.07) is 9.50. The summed E-state index contributed by atoms with van der Waals surface area (Å²) in [4.78, 5) is 12.3. The van der Waals surface area contributed by atoms with Gasteiger partial charge < -0.3 is 5.32 Å². The quantitative estimate of drug-likeness (QED) is 0.597. The van der Waals surface area contributed by atoms with Gasteiger partial charge in [-0.1, -0.05) is 37.9 Å². The minimum Gasteiger partial charge on any atom is -0.321 e. The fraction of sp³-hybridized carbons (Fsp3) is 0.133. The number of carbonyl (C=O) groups excluding carboxylic acids is 1. The number of hydrogen-bond donors (Lipinski definition) is 1. The van der Waals surface area contributed by atoms with Gasteiger partial charge in [-0.15, -0.1) is 0 Å². The first-order valence-corrected chi connectivity index (χ1v) is 8.29. The molecule has 1 amide bonds. The molecule has 20 heavy (non-hydrogen) atoms. The average Bonchev–Trinajstić information content (AvgIpc) is 2.32. The molecule has 2 rings (SSSR count). The van der Waals surface area contributed by atoms with E-state index in [1.165, 1.54) is 0 Å². The highest BCUT2D eigenvalue weighted by atomic mass is 79.9. The molecule has 0 bridgehead atoms. The third-order valence-electron chi connectivity index (χ3n) is 2.80. The number of nitrogens with one attached hydrogen (secondary N) is 1. The number of carbonyl (C=O) groups is 1. The molecule has 0 aliphatic carbocycles. The predicted molar refractivity (Wildman–Crippen MR) is 93.4 cm³/mol. The van der Waals surface area contributed by atoms with Crippen molar-refractivity contribution in [1.82, 2.24) is 0 Å². The summed E-state index contributed by atoms with van der Waals surface area (Å²) in [5.41, 5.74) is 3.58. The summed E-state index contributed by atoms with van der Waals surface area (Å²) in [5, 5.41) is 2.95. The molecule has 0 unspecified atom stereocenters. The highest BCUT2D eigenvalue weighted by Gasteiger charge is 2.12. The molecule has 0 saturated heterocycles. The van der Waals surface area contributed by atoms with Crippen molar-refractivity contribution in [2.24, 2.45) is 0 Å². The Kier molecular flexibility index (Phi) is 5.04. The Hall–Kier alpha value is -0.650. The fourth-order valence-corrected chi connectivity index (χ4v) is 4.01. The topological polar surface area (TPSA) is 29.1 Å². The fourth-order valence-electron chi connectivity index (χ4n) is 1.94. The van der Waals surface area contributed by atoms with Gasteiger partial charge in [-0.3, -0.25) is 4.79 Å². The first kappa shape index (κ1) is 15.7. The van der Waals surface area contributed by atoms with E-state index in [0.29, 0.717) is 5.56 Å². The van der Waals surface area contributed by atoms with Crippen molar-refractivity contribution in [2.45, 2.75) is 13.8 Å². The molecule has 1 N–H and O–H groups in total. The SMILES string of the molecule is Cc1cc(C)c(NC(=O)c2cc(Br)cc(Br)c2)c(Br)c1. The number of rotatable bonds is 2. The van der Waals surface area contributed by atoms with Crippen LogP contribution in [-0.4, -0.2) is 5.91 Å².